The number of urea groups is 1. The lowest BCUT2D eigenvalue weighted by Crippen LogP contribution is -2.57. The number of methoxy groups -OCH3 is 1. The van der Waals surface area contributed by atoms with E-state index in [2.05, 4.69) is 34.5 Å². The van der Waals surface area contributed by atoms with Gasteiger partial charge in [-0.15, -0.1) is 0 Å². The number of amides is 2. The predicted molar refractivity (Wildman–Crippen MR) is 150 cm³/mol. The fourth-order valence-electron chi connectivity index (χ4n) is 5.50. The number of anilines is 2. The van der Waals surface area contributed by atoms with Gasteiger partial charge in [0.05, 0.1) is 25.9 Å². The summed E-state index contributed by atoms with van der Waals surface area (Å²) in [4.78, 5) is 17.7. The molecule has 2 aliphatic rings. The van der Waals surface area contributed by atoms with Crippen molar-refractivity contribution in [2.45, 2.75) is 50.9 Å². The maximum Gasteiger partial charge on any atom is 0.322 e. The van der Waals surface area contributed by atoms with Gasteiger partial charge < -0.3 is 29.7 Å². The molecule has 5 rings (SSSR count). The van der Waals surface area contributed by atoms with Crippen LogP contribution in [0.25, 0.3) is 0 Å². The average molecular weight is 516 g/mol. The van der Waals surface area contributed by atoms with E-state index in [1.807, 2.05) is 53.4 Å². The number of nitrogens with zero attached hydrogens (tertiary/aromatic N) is 2. The molecule has 2 fully saturated rings. The molecule has 1 aliphatic carbocycles. The topological polar surface area (TPSA) is 74.3 Å². The van der Waals surface area contributed by atoms with Gasteiger partial charge in [0.1, 0.15) is 0 Å². The highest BCUT2D eigenvalue weighted by Gasteiger charge is 2.31. The lowest BCUT2D eigenvalue weighted by atomic mass is 10.0. The summed E-state index contributed by atoms with van der Waals surface area (Å²) in [6.07, 6.45) is 5.59. The van der Waals surface area contributed by atoms with Crippen molar-refractivity contribution in [3.05, 3.63) is 83.9 Å². The molecule has 200 valence electrons. The minimum atomic E-state index is -0.124. The third-order valence-electron chi connectivity index (χ3n) is 7.53. The molecule has 1 heterocycles. The Hall–Kier alpha value is -3.71. The van der Waals surface area contributed by atoms with Crippen molar-refractivity contribution in [1.29, 1.82) is 0 Å². The Bertz CT molecular complexity index is 1210. The van der Waals surface area contributed by atoms with Gasteiger partial charge in [-0.3, -0.25) is 0 Å². The largest absolute Gasteiger partial charge is 0.493 e. The number of benzene rings is 3. The third-order valence-corrected chi connectivity index (χ3v) is 7.53. The average Bonchev–Trinajstić information content (AvgIpc) is 3.47. The zero-order valence-corrected chi connectivity index (χ0v) is 22.0. The molecule has 2 amide bonds. The Kier molecular flexibility index (Phi) is 8.34. The van der Waals surface area contributed by atoms with Crippen LogP contribution in [0, 0.1) is 0 Å². The van der Waals surface area contributed by atoms with Crippen molar-refractivity contribution in [2.75, 3.05) is 37.0 Å². The number of rotatable bonds is 8. The highest BCUT2D eigenvalue weighted by Crippen LogP contribution is 2.36. The molecule has 0 radical (unpaired) electrons. The van der Waals surface area contributed by atoms with Gasteiger partial charge in [-0.05, 0) is 67.5 Å². The van der Waals surface area contributed by atoms with Gasteiger partial charge in [0.15, 0.2) is 11.5 Å². The van der Waals surface area contributed by atoms with Gasteiger partial charge in [0, 0.05) is 37.1 Å². The van der Waals surface area contributed by atoms with Gasteiger partial charge in [-0.25, -0.2) is 4.79 Å². The maximum atomic E-state index is 13.4. The van der Waals surface area contributed by atoms with Gasteiger partial charge in [0.2, 0.25) is 0 Å². The summed E-state index contributed by atoms with van der Waals surface area (Å²) in [6, 6.07) is 23.7. The number of hydrogen-bond donors (Lipinski definition) is 2. The SMILES string of the molecule is COc1ccc(N2CCN(C(=O)Nc3cccc(CO)c3)C(Cc3ccccc3)C2)cc1OC1CCCC1. The summed E-state index contributed by atoms with van der Waals surface area (Å²) >= 11 is 0. The van der Waals surface area contributed by atoms with E-state index >= 15 is 0 Å². The second-order valence-corrected chi connectivity index (χ2v) is 10.1. The molecule has 2 N–H and O–H groups in total. The maximum absolute atomic E-state index is 13.4. The Morgan fingerprint density at radius 2 is 1.74 bits per heavy atom. The van der Waals surface area contributed by atoms with Crippen molar-refractivity contribution in [1.82, 2.24) is 4.90 Å². The Balaban J connectivity index is 1.35. The molecule has 3 aromatic rings. The lowest BCUT2D eigenvalue weighted by Gasteiger charge is -2.42. The van der Waals surface area contributed by atoms with Gasteiger partial charge in [-0.1, -0.05) is 42.5 Å². The van der Waals surface area contributed by atoms with Crippen LogP contribution in [-0.4, -0.2) is 54.9 Å². The number of carbonyl (C=O) groups excluding carboxylic acids is 1. The molecule has 0 bridgehead atoms. The van der Waals surface area contributed by atoms with Crippen LogP contribution in [0.15, 0.2) is 72.8 Å². The molecular formula is C31H37N3O4. The van der Waals surface area contributed by atoms with E-state index in [-0.39, 0.29) is 24.8 Å². The molecule has 7 heteroatoms. The molecule has 0 spiro atoms. The van der Waals surface area contributed by atoms with Gasteiger partial charge >= 0.3 is 6.03 Å². The van der Waals surface area contributed by atoms with Crippen molar-refractivity contribution in [3.63, 3.8) is 0 Å². The number of piperazine rings is 1. The molecular weight excluding hydrogens is 478 g/mol. The predicted octanol–water partition coefficient (Wildman–Crippen LogP) is 5.47. The van der Waals surface area contributed by atoms with Crippen LogP contribution in [-0.2, 0) is 13.0 Å². The number of hydrogen-bond acceptors (Lipinski definition) is 5. The zero-order chi connectivity index (χ0) is 26.3. The Morgan fingerprint density at radius 3 is 2.50 bits per heavy atom. The highest BCUT2D eigenvalue weighted by atomic mass is 16.5. The summed E-state index contributed by atoms with van der Waals surface area (Å²) < 4.78 is 12.0. The van der Waals surface area contributed by atoms with Crippen LogP contribution in [0.2, 0.25) is 0 Å². The summed E-state index contributed by atoms with van der Waals surface area (Å²) in [7, 11) is 1.68. The fourth-order valence-corrected chi connectivity index (χ4v) is 5.50. The first-order chi connectivity index (χ1) is 18.6. The summed E-state index contributed by atoms with van der Waals surface area (Å²) in [5, 5.41) is 12.5. The standard InChI is InChI=1S/C31H37N3O4/c1-37-29-15-14-26(20-30(29)38-28-12-5-6-13-28)33-16-17-34(27(21-33)19-23-8-3-2-4-9-23)31(36)32-25-11-7-10-24(18-25)22-35/h2-4,7-11,14-15,18,20,27-28,35H,5-6,12-13,16-17,19,21-22H2,1H3,(H,32,36). The number of ether oxygens (including phenoxy) is 2. The van der Waals surface area contributed by atoms with Crippen molar-refractivity contribution < 1.29 is 19.4 Å². The Labute approximate surface area is 225 Å². The number of aliphatic hydroxyl groups is 1. The molecule has 1 unspecified atom stereocenters. The number of nitrogens with one attached hydrogen (secondary N) is 1. The molecule has 3 aromatic carbocycles. The van der Waals surface area contributed by atoms with E-state index in [9.17, 15) is 9.90 Å². The smallest absolute Gasteiger partial charge is 0.322 e. The second kappa shape index (κ2) is 12.2. The minimum Gasteiger partial charge on any atom is -0.493 e. The van der Waals surface area contributed by atoms with Crippen molar-refractivity contribution >= 4 is 17.4 Å². The summed E-state index contributed by atoms with van der Waals surface area (Å²) in [5.41, 5.74) is 3.72. The first-order valence-corrected chi connectivity index (χ1v) is 13.5. The van der Waals surface area contributed by atoms with E-state index in [0.29, 0.717) is 25.3 Å². The van der Waals surface area contributed by atoms with Crippen LogP contribution in [0.4, 0.5) is 16.2 Å². The monoisotopic (exact) mass is 515 g/mol. The minimum absolute atomic E-state index is 0.0199. The van der Waals surface area contributed by atoms with E-state index in [0.717, 1.165) is 42.0 Å². The van der Waals surface area contributed by atoms with Gasteiger partial charge in [-0.2, -0.15) is 0 Å². The van der Waals surface area contributed by atoms with Crippen molar-refractivity contribution in [2.24, 2.45) is 0 Å². The van der Waals surface area contributed by atoms with Crippen LogP contribution in [0.5, 0.6) is 11.5 Å². The molecule has 7 nitrogen and oxygen atoms in total. The quantitative estimate of drug-likeness (QED) is 0.416. The first-order valence-electron chi connectivity index (χ1n) is 13.5. The van der Waals surface area contributed by atoms with Gasteiger partial charge in [0.25, 0.3) is 0 Å². The molecule has 1 saturated heterocycles. The van der Waals surface area contributed by atoms with Crippen molar-refractivity contribution in [3.8, 4) is 11.5 Å². The van der Waals surface area contributed by atoms with Crippen LogP contribution < -0.4 is 19.7 Å². The number of aliphatic hydroxyl groups excluding tert-OH is 1. The lowest BCUT2D eigenvalue weighted by molar-refractivity contribution is 0.178. The Morgan fingerprint density at radius 1 is 0.947 bits per heavy atom. The van der Waals surface area contributed by atoms with E-state index < -0.39 is 0 Å². The number of carbonyl (C=O) groups is 1. The fraction of sp³-hybridized carbons (Fsp3) is 0.387. The molecule has 0 aromatic heterocycles. The summed E-state index contributed by atoms with van der Waals surface area (Å²) in [6.45, 7) is 1.94. The van der Waals surface area contributed by atoms with E-state index in [1.54, 1.807) is 7.11 Å². The highest BCUT2D eigenvalue weighted by molar-refractivity contribution is 5.90. The van der Waals surface area contributed by atoms with E-state index in [1.165, 1.54) is 18.4 Å². The van der Waals surface area contributed by atoms with Crippen LogP contribution >= 0.6 is 0 Å². The molecule has 1 atom stereocenters. The normalized spacial score (nSPS) is 17.9. The molecule has 38 heavy (non-hydrogen) atoms. The summed E-state index contributed by atoms with van der Waals surface area (Å²) in [5.74, 6) is 1.55. The van der Waals surface area contributed by atoms with Crippen LogP contribution in [0.1, 0.15) is 36.8 Å². The second-order valence-electron chi connectivity index (χ2n) is 10.1. The first kappa shape index (κ1) is 25.9. The zero-order valence-electron chi connectivity index (χ0n) is 22.0. The molecule has 1 aliphatic heterocycles. The third kappa shape index (κ3) is 6.22. The van der Waals surface area contributed by atoms with Crippen LogP contribution in [0.3, 0.4) is 0 Å². The van der Waals surface area contributed by atoms with E-state index in [4.69, 9.17) is 9.47 Å². The molecule has 1 saturated carbocycles.